The third kappa shape index (κ3) is 11.1. The molecule has 5 heterocycles. The predicted molar refractivity (Wildman–Crippen MR) is 243 cm³/mol. The lowest BCUT2D eigenvalue weighted by molar-refractivity contribution is -0.371. The fraction of sp³-hybridized carbons (Fsp3) is 0.784. The quantitative estimate of drug-likeness (QED) is 0.127. The van der Waals surface area contributed by atoms with Crippen LogP contribution < -0.4 is 4.74 Å². The molecule has 0 radical (unpaired) electrons. The van der Waals surface area contributed by atoms with Crippen LogP contribution in [0.25, 0.3) is 0 Å². The molecule has 3 N–H and O–H groups in total. The lowest BCUT2D eigenvalue weighted by Gasteiger charge is -2.53. The number of benzene rings is 1. The summed E-state index contributed by atoms with van der Waals surface area (Å²) in [5.74, 6) is -6.96. The number of rotatable bonds is 17. The summed E-state index contributed by atoms with van der Waals surface area (Å²) < 4.78 is 77.0. The van der Waals surface area contributed by atoms with Gasteiger partial charge in [0.1, 0.15) is 23.9 Å². The monoisotopic (exact) mass is 952 g/mol. The summed E-state index contributed by atoms with van der Waals surface area (Å²) in [6.07, 6.45) is 1.52. The van der Waals surface area contributed by atoms with Crippen molar-refractivity contribution in [3.63, 3.8) is 0 Å². The van der Waals surface area contributed by atoms with Crippen molar-refractivity contribution in [1.82, 2.24) is 0 Å². The first-order valence-electron chi connectivity index (χ1n) is 24.7. The summed E-state index contributed by atoms with van der Waals surface area (Å²) in [5, 5.41) is 36.7. The van der Waals surface area contributed by atoms with Gasteiger partial charge in [-0.25, -0.2) is 0 Å². The molecule has 0 aromatic heterocycles. The number of aliphatic hydroxyl groups is 2. The summed E-state index contributed by atoms with van der Waals surface area (Å²) >= 11 is 0. The minimum atomic E-state index is -4.82. The number of carboxylic acids is 1. The standard InChI is InChI=1S/C51H76F3NO12/c1-11-37(46(59)60)39-19-14-29(4)44(63-39)33(8)42(57)32(7)43(58)38(12-2)45-30(5)26-31(6)49(65-45)23-20-40(55-61-27-35-15-17-36(18-16-35)64-51(52,53)54)50(67-49)25-24-47(10,66-50)41-21-22-48(13-3,28-56)34(9)62-41/h15-18,20,23,29-34,37-39,41-42,44-45,56-57H,11-14,19,21-22,24-28H2,1-10H3,(H,59,60)/b55-40+/t29-,30-,31+,32-,33-,34-,37?,38-,39+,41+,42+,44+,45-,47-,48-,49-,50-/m0/s1. The summed E-state index contributed by atoms with van der Waals surface area (Å²) in [4.78, 5) is 32.6. The number of alkyl halides is 3. The van der Waals surface area contributed by atoms with Gasteiger partial charge in [-0.2, -0.15) is 0 Å². The van der Waals surface area contributed by atoms with Crippen molar-refractivity contribution < 1.29 is 71.3 Å². The Morgan fingerprint density at radius 2 is 1.60 bits per heavy atom. The van der Waals surface area contributed by atoms with Crippen molar-refractivity contribution in [2.45, 2.75) is 200 Å². The van der Waals surface area contributed by atoms with E-state index in [9.17, 15) is 38.1 Å². The Hall–Kier alpha value is -3.12. The summed E-state index contributed by atoms with van der Waals surface area (Å²) in [6, 6.07) is 5.33. The number of oxime groups is 1. The van der Waals surface area contributed by atoms with Crippen molar-refractivity contribution in [3.05, 3.63) is 42.0 Å². The van der Waals surface area contributed by atoms with Crippen molar-refractivity contribution >= 4 is 17.5 Å². The predicted octanol–water partition coefficient (Wildman–Crippen LogP) is 9.55. The molecule has 67 heavy (non-hydrogen) atoms. The Morgan fingerprint density at radius 3 is 2.19 bits per heavy atom. The number of carbonyl (C=O) groups is 2. The van der Waals surface area contributed by atoms with Gasteiger partial charge < -0.3 is 48.6 Å². The van der Waals surface area contributed by atoms with Gasteiger partial charge in [-0.05, 0) is 113 Å². The third-order valence-corrected chi connectivity index (χ3v) is 16.4. The fourth-order valence-corrected chi connectivity index (χ4v) is 11.8. The fourth-order valence-electron chi connectivity index (χ4n) is 11.8. The molecule has 1 unspecified atom stereocenters. The first-order valence-corrected chi connectivity index (χ1v) is 24.7. The normalized spacial score (nSPS) is 38.6. The second-order valence-corrected chi connectivity index (χ2v) is 20.7. The molecule has 5 aliphatic heterocycles. The molecule has 0 amide bonds. The van der Waals surface area contributed by atoms with Gasteiger partial charge in [-0.15, -0.1) is 13.2 Å². The molecule has 16 heteroatoms. The average molecular weight is 952 g/mol. The van der Waals surface area contributed by atoms with Gasteiger partial charge in [0.25, 0.3) is 0 Å². The number of hydrogen-bond acceptors (Lipinski definition) is 12. The van der Waals surface area contributed by atoms with Crippen LogP contribution in [0.3, 0.4) is 0 Å². The van der Waals surface area contributed by atoms with Gasteiger partial charge in [0.15, 0.2) is 5.79 Å². The topological polar surface area (TPSA) is 172 Å². The zero-order valence-electron chi connectivity index (χ0n) is 41.1. The maximum Gasteiger partial charge on any atom is 0.573 e. The number of nitrogens with zero attached hydrogens (tertiary/aromatic N) is 1. The van der Waals surface area contributed by atoms with Crippen molar-refractivity contribution in [2.24, 2.45) is 52.0 Å². The number of carbonyl (C=O) groups excluding carboxylic acids is 1. The van der Waals surface area contributed by atoms with E-state index in [0.29, 0.717) is 56.2 Å². The first kappa shape index (κ1) is 53.2. The Labute approximate surface area is 394 Å². The molecule has 1 aromatic carbocycles. The Bertz CT molecular complexity index is 1910. The highest BCUT2D eigenvalue weighted by Gasteiger charge is 2.63. The molecule has 0 aliphatic carbocycles. The van der Waals surface area contributed by atoms with E-state index in [-0.39, 0.29) is 60.1 Å². The zero-order chi connectivity index (χ0) is 49.3. The minimum absolute atomic E-state index is 0.0109. The molecule has 0 saturated carbocycles. The van der Waals surface area contributed by atoms with Crippen molar-refractivity contribution in [2.75, 3.05) is 6.61 Å². The van der Waals surface area contributed by atoms with E-state index in [0.717, 1.165) is 19.3 Å². The second-order valence-electron chi connectivity index (χ2n) is 20.7. The molecule has 5 aliphatic rings. The van der Waals surface area contributed by atoms with Crippen LogP contribution in [0.4, 0.5) is 13.2 Å². The van der Waals surface area contributed by atoms with Crippen LogP contribution in [-0.4, -0.2) is 99.6 Å². The van der Waals surface area contributed by atoms with E-state index < -0.39 is 77.6 Å². The van der Waals surface area contributed by atoms with E-state index in [1.807, 2.05) is 48.5 Å². The van der Waals surface area contributed by atoms with Crippen LogP contribution in [0.2, 0.25) is 0 Å². The molecular formula is C51H76F3NO12. The van der Waals surface area contributed by atoms with Gasteiger partial charge in [0.2, 0.25) is 5.79 Å². The van der Waals surface area contributed by atoms with Gasteiger partial charge in [0.05, 0.1) is 54.7 Å². The molecule has 4 saturated heterocycles. The molecule has 13 nitrogen and oxygen atoms in total. The summed E-state index contributed by atoms with van der Waals surface area (Å²) in [5.41, 5.74) is -0.343. The van der Waals surface area contributed by atoms with E-state index in [2.05, 4.69) is 23.7 Å². The smallest absolute Gasteiger partial charge is 0.481 e. The first-order chi connectivity index (χ1) is 31.5. The molecule has 4 fully saturated rings. The van der Waals surface area contributed by atoms with Gasteiger partial charge in [-0.3, -0.25) is 9.59 Å². The van der Waals surface area contributed by atoms with E-state index in [1.54, 1.807) is 19.1 Å². The third-order valence-electron chi connectivity index (χ3n) is 16.4. The highest BCUT2D eigenvalue weighted by atomic mass is 19.4. The summed E-state index contributed by atoms with van der Waals surface area (Å²) in [7, 11) is 0. The van der Waals surface area contributed by atoms with Gasteiger partial charge in [-0.1, -0.05) is 72.7 Å². The van der Waals surface area contributed by atoms with Crippen LogP contribution >= 0.6 is 0 Å². The van der Waals surface area contributed by atoms with E-state index in [4.69, 9.17) is 28.5 Å². The maximum absolute atomic E-state index is 14.7. The lowest BCUT2D eigenvalue weighted by Crippen LogP contribution is -2.62. The highest BCUT2D eigenvalue weighted by Crippen LogP contribution is 2.54. The zero-order valence-corrected chi connectivity index (χ0v) is 41.1. The number of ether oxygens (including phenoxy) is 6. The minimum Gasteiger partial charge on any atom is -0.481 e. The molecule has 2 spiro atoms. The highest BCUT2D eigenvalue weighted by molar-refractivity contribution is 6.01. The molecule has 6 rings (SSSR count). The van der Waals surface area contributed by atoms with Crippen LogP contribution in [0.1, 0.15) is 139 Å². The number of Topliss-reactive ketones (excluding diaryl/α,β-unsaturated/α-hetero) is 1. The summed E-state index contributed by atoms with van der Waals surface area (Å²) in [6.45, 7) is 19.5. The molecule has 378 valence electrons. The van der Waals surface area contributed by atoms with Crippen molar-refractivity contribution in [3.8, 4) is 5.75 Å². The number of aliphatic hydroxyl groups excluding tert-OH is 2. The number of aliphatic carboxylic acids is 1. The second kappa shape index (κ2) is 21.1. The number of carboxylic acid groups (broad SMARTS) is 1. The molecule has 17 atom stereocenters. The number of halogens is 3. The molecular weight excluding hydrogens is 876 g/mol. The molecule has 0 bridgehead atoms. The van der Waals surface area contributed by atoms with Crippen LogP contribution in [0, 0.1) is 46.8 Å². The SMILES string of the molecule is CCC(C(=O)O)[C@H]1CC[C@H](C)[C@H]([C@@H](C)[C@H](O)[C@H](C)C(=O)[C@H](CC)[C@H]2O[C@]3(C=C/C(=N\OCc4ccc(OC(F)(F)F)cc4)[C@]4(CC[C@@](C)([C@H]5CC[C@@](CC)(CO)[C@H](C)O5)O4)O3)[C@H](C)C[C@@H]2C)O1. The van der Waals surface area contributed by atoms with Crippen LogP contribution in [0.15, 0.2) is 41.6 Å². The molecule has 1 aromatic rings. The van der Waals surface area contributed by atoms with Crippen molar-refractivity contribution in [1.29, 1.82) is 0 Å². The Kier molecular flexibility index (Phi) is 16.7. The number of hydrogen-bond donors (Lipinski definition) is 3. The van der Waals surface area contributed by atoms with Gasteiger partial charge in [0, 0.05) is 35.5 Å². The lowest BCUT2D eigenvalue weighted by atomic mass is 9.72. The maximum atomic E-state index is 14.7. The van der Waals surface area contributed by atoms with Crippen LogP contribution in [0.5, 0.6) is 5.75 Å². The van der Waals surface area contributed by atoms with Gasteiger partial charge >= 0.3 is 12.3 Å². The Morgan fingerprint density at radius 1 is 0.910 bits per heavy atom. The van der Waals surface area contributed by atoms with Crippen LogP contribution in [-0.2, 0) is 44.7 Å². The Balaban J connectivity index is 1.25. The van der Waals surface area contributed by atoms with E-state index in [1.165, 1.54) is 24.3 Å². The average Bonchev–Trinajstić information content (AvgIpc) is 3.62. The number of ketones is 1. The largest absolute Gasteiger partial charge is 0.573 e. The van der Waals surface area contributed by atoms with E-state index >= 15 is 0 Å².